The van der Waals surface area contributed by atoms with Gasteiger partial charge in [0.15, 0.2) is 6.29 Å². The SMILES string of the molecule is CCCCCCCCCCCCCCCCCCCCC/C=C/C(O)C(COC1OC(CO)C(O)C(OS(=O)(=O)O)C1O)NC(=O)C(O)CCCCCCCCCCCCC. The summed E-state index contributed by atoms with van der Waals surface area (Å²) in [7, 11) is -5.11. The fourth-order valence-electron chi connectivity index (χ4n) is 7.99. The summed E-state index contributed by atoms with van der Waals surface area (Å²) in [4.78, 5) is 13.1. The van der Waals surface area contributed by atoms with E-state index in [1.54, 1.807) is 6.08 Å². The molecule has 0 aromatic rings. The van der Waals surface area contributed by atoms with Gasteiger partial charge in [0.25, 0.3) is 0 Å². The fraction of sp³-hybridized carbons (Fsp3) is 0.936. The summed E-state index contributed by atoms with van der Waals surface area (Å²) in [5, 5.41) is 55.2. The molecule has 0 spiro atoms. The monoisotopic (exact) mass is 894 g/mol. The zero-order valence-electron chi connectivity index (χ0n) is 38.4. The second kappa shape index (κ2) is 38.1. The molecule has 0 saturated carbocycles. The Hall–Kier alpha value is -1.20. The molecule has 1 aliphatic rings. The van der Waals surface area contributed by atoms with Crippen LogP contribution in [-0.4, -0.2) is 107 Å². The number of unbranched alkanes of at least 4 members (excludes halogenated alkanes) is 29. The van der Waals surface area contributed by atoms with Gasteiger partial charge in [0, 0.05) is 0 Å². The summed E-state index contributed by atoms with van der Waals surface area (Å²) >= 11 is 0. The Morgan fingerprint density at radius 2 is 1.07 bits per heavy atom. The normalized spacial score (nSPS) is 21.2. The maximum absolute atomic E-state index is 13.1. The topological polar surface area (TPSA) is 212 Å². The van der Waals surface area contributed by atoms with Gasteiger partial charge in [-0.3, -0.25) is 9.35 Å². The van der Waals surface area contributed by atoms with Crippen LogP contribution in [0.5, 0.6) is 0 Å². The average Bonchev–Trinajstić information content (AvgIpc) is 3.23. The van der Waals surface area contributed by atoms with Crippen molar-refractivity contribution in [3.05, 3.63) is 12.2 Å². The Balaban J connectivity index is 2.51. The number of ether oxygens (including phenoxy) is 2. The molecule has 14 heteroatoms. The molecule has 362 valence electrons. The van der Waals surface area contributed by atoms with Crippen molar-refractivity contribution >= 4 is 16.3 Å². The first-order chi connectivity index (χ1) is 29.4. The van der Waals surface area contributed by atoms with E-state index in [-0.39, 0.29) is 6.42 Å². The second-order valence-corrected chi connectivity index (χ2v) is 18.6. The van der Waals surface area contributed by atoms with Gasteiger partial charge in [-0.05, 0) is 19.3 Å². The number of hydrogen-bond acceptors (Lipinski definition) is 11. The van der Waals surface area contributed by atoms with Crippen molar-refractivity contribution in [3.8, 4) is 0 Å². The van der Waals surface area contributed by atoms with Crippen LogP contribution in [0, 0.1) is 0 Å². The molecule has 1 aliphatic heterocycles. The van der Waals surface area contributed by atoms with Gasteiger partial charge in [0.05, 0.1) is 25.4 Å². The summed E-state index contributed by atoms with van der Waals surface area (Å²) in [6.07, 6.45) is 30.1. The Morgan fingerprint density at radius 1 is 0.656 bits per heavy atom. The highest BCUT2D eigenvalue weighted by Crippen LogP contribution is 2.26. The minimum atomic E-state index is -5.11. The molecule has 1 heterocycles. The maximum atomic E-state index is 13.1. The van der Waals surface area contributed by atoms with Crippen LogP contribution in [0.1, 0.15) is 219 Å². The standard InChI is InChI=1S/C47H91NO12S/c1-3-5-7-9-11-13-15-16-17-18-19-20-21-22-23-24-26-27-29-31-33-35-40(50)39(38-58-47-44(53)45(60-61(55,56)57)43(52)42(37-49)59-47)48-46(54)41(51)36-34-32-30-28-25-14-12-10-8-6-4-2/h33,35,39-45,47,49-53H,3-32,34,36-38H2,1-2H3,(H,48,54)(H,55,56,57)/b35-33+. The van der Waals surface area contributed by atoms with Crippen LogP contribution >= 0.6 is 0 Å². The van der Waals surface area contributed by atoms with E-state index in [1.165, 1.54) is 148 Å². The van der Waals surface area contributed by atoms with E-state index in [1.807, 2.05) is 6.08 Å². The number of aliphatic hydroxyl groups excluding tert-OH is 5. The third-order valence-corrected chi connectivity index (χ3v) is 12.4. The highest BCUT2D eigenvalue weighted by atomic mass is 32.3. The van der Waals surface area contributed by atoms with Gasteiger partial charge in [0.2, 0.25) is 5.91 Å². The highest BCUT2D eigenvalue weighted by Gasteiger charge is 2.48. The Morgan fingerprint density at radius 3 is 1.48 bits per heavy atom. The van der Waals surface area contributed by atoms with E-state index in [0.717, 1.165) is 38.5 Å². The molecular weight excluding hydrogens is 803 g/mol. The van der Waals surface area contributed by atoms with Gasteiger partial charge in [-0.15, -0.1) is 0 Å². The lowest BCUT2D eigenvalue weighted by atomic mass is 9.99. The number of hydrogen-bond donors (Lipinski definition) is 7. The van der Waals surface area contributed by atoms with Crippen LogP contribution in [0.15, 0.2) is 12.2 Å². The largest absolute Gasteiger partial charge is 0.397 e. The molecule has 1 rings (SSSR count). The quantitative estimate of drug-likeness (QED) is 0.0174. The van der Waals surface area contributed by atoms with E-state index in [4.69, 9.17) is 9.47 Å². The van der Waals surface area contributed by atoms with Crippen LogP contribution in [0.4, 0.5) is 0 Å². The van der Waals surface area contributed by atoms with Gasteiger partial charge in [-0.1, -0.05) is 212 Å². The first-order valence-corrected chi connectivity index (χ1v) is 26.0. The lowest BCUT2D eigenvalue weighted by Gasteiger charge is -2.41. The van der Waals surface area contributed by atoms with Crippen molar-refractivity contribution in [1.29, 1.82) is 0 Å². The Kier molecular flexibility index (Phi) is 36.1. The number of rotatable bonds is 42. The number of allylic oxidation sites excluding steroid dienone is 1. The van der Waals surface area contributed by atoms with Gasteiger partial charge < -0.3 is 40.3 Å². The summed E-state index contributed by atoms with van der Waals surface area (Å²) in [6.45, 7) is 3.22. The molecule has 0 aromatic carbocycles. The summed E-state index contributed by atoms with van der Waals surface area (Å²) < 4.78 is 47.5. The minimum Gasteiger partial charge on any atom is -0.394 e. The van der Waals surface area contributed by atoms with Crippen molar-refractivity contribution in [2.24, 2.45) is 0 Å². The van der Waals surface area contributed by atoms with Crippen LogP contribution in [0.2, 0.25) is 0 Å². The molecular formula is C47H91NO12S. The molecule has 0 bridgehead atoms. The Labute approximate surface area is 371 Å². The predicted molar refractivity (Wildman–Crippen MR) is 242 cm³/mol. The molecule has 0 radical (unpaired) electrons. The third-order valence-electron chi connectivity index (χ3n) is 11.9. The zero-order chi connectivity index (χ0) is 45.0. The number of amides is 1. The van der Waals surface area contributed by atoms with E-state index in [9.17, 15) is 43.3 Å². The second-order valence-electron chi connectivity index (χ2n) is 17.6. The van der Waals surface area contributed by atoms with Crippen LogP contribution < -0.4 is 5.32 Å². The van der Waals surface area contributed by atoms with Gasteiger partial charge in [0.1, 0.15) is 30.5 Å². The average molecular weight is 894 g/mol. The van der Waals surface area contributed by atoms with Crippen LogP contribution in [0.25, 0.3) is 0 Å². The van der Waals surface area contributed by atoms with Gasteiger partial charge in [-0.2, -0.15) is 8.42 Å². The van der Waals surface area contributed by atoms with Crippen molar-refractivity contribution in [2.75, 3.05) is 13.2 Å². The molecule has 7 N–H and O–H groups in total. The molecule has 61 heavy (non-hydrogen) atoms. The molecule has 13 nitrogen and oxygen atoms in total. The summed E-state index contributed by atoms with van der Waals surface area (Å²) in [5.41, 5.74) is 0. The number of nitrogens with one attached hydrogen (secondary N) is 1. The highest BCUT2D eigenvalue weighted by molar-refractivity contribution is 7.80. The zero-order valence-corrected chi connectivity index (χ0v) is 39.2. The summed E-state index contributed by atoms with van der Waals surface area (Å²) in [5.74, 6) is -0.701. The predicted octanol–water partition coefficient (Wildman–Crippen LogP) is 8.92. The van der Waals surface area contributed by atoms with Crippen LogP contribution in [-0.2, 0) is 28.9 Å². The van der Waals surface area contributed by atoms with E-state index in [0.29, 0.717) is 12.8 Å². The lowest BCUT2D eigenvalue weighted by Crippen LogP contribution is -2.61. The van der Waals surface area contributed by atoms with E-state index >= 15 is 0 Å². The number of aliphatic hydroxyl groups is 5. The van der Waals surface area contributed by atoms with Crippen molar-refractivity contribution in [2.45, 2.75) is 268 Å². The summed E-state index contributed by atoms with van der Waals surface area (Å²) in [6, 6.07) is -1.11. The molecule has 0 aliphatic carbocycles. The van der Waals surface area contributed by atoms with Crippen LogP contribution in [0.3, 0.4) is 0 Å². The van der Waals surface area contributed by atoms with Crippen molar-refractivity contribution in [3.63, 3.8) is 0 Å². The molecule has 8 unspecified atom stereocenters. The van der Waals surface area contributed by atoms with Gasteiger partial charge in [-0.25, -0.2) is 4.18 Å². The molecule has 1 amide bonds. The van der Waals surface area contributed by atoms with E-state index < -0.39 is 78.5 Å². The first kappa shape index (κ1) is 57.8. The number of carbonyl (C=O) groups excluding carboxylic acids is 1. The lowest BCUT2D eigenvalue weighted by molar-refractivity contribution is -0.298. The smallest absolute Gasteiger partial charge is 0.394 e. The molecule has 0 aromatic heterocycles. The Bertz CT molecular complexity index is 1160. The van der Waals surface area contributed by atoms with Crippen molar-refractivity contribution < 1.29 is 57.0 Å². The minimum absolute atomic E-state index is 0.247. The third kappa shape index (κ3) is 30.6. The molecule has 1 fully saturated rings. The van der Waals surface area contributed by atoms with Crippen molar-refractivity contribution in [1.82, 2.24) is 5.32 Å². The maximum Gasteiger partial charge on any atom is 0.397 e. The molecule has 1 saturated heterocycles. The molecule has 8 atom stereocenters. The fourth-order valence-corrected chi connectivity index (χ4v) is 8.50. The van der Waals surface area contributed by atoms with E-state index in [2.05, 4.69) is 23.3 Å². The number of carbonyl (C=O) groups is 1. The first-order valence-electron chi connectivity index (χ1n) is 24.7. The van der Waals surface area contributed by atoms with Gasteiger partial charge >= 0.3 is 10.4 Å².